The highest BCUT2D eigenvalue weighted by Gasteiger charge is 2.52. The molecule has 0 spiro atoms. The Morgan fingerprint density at radius 2 is 2.00 bits per heavy atom. The highest BCUT2D eigenvalue weighted by molar-refractivity contribution is 6.17. The number of nitrogens with zero attached hydrogens (tertiary/aromatic N) is 1. The molecular weight excluding hydrogens is 258 g/mol. The molecule has 106 valence electrons. The van der Waals surface area contributed by atoms with E-state index in [0.29, 0.717) is 31.9 Å². The molecule has 3 rings (SSSR count). The van der Waals surface area contributed by atoms with Gasteiger partial charge in [-0.2, -0.15) is 0 Å². The van der Waals surface area contributed by atoms with E-state index in [-0.39, 0.29) is 18.1 Å². The van der Waals surface area contributed by atoms with Crippen LogP contribution in [0.25, 0.3) is 0 Å². The SMILES string of the molecule is O=C1c2ccccc2CC1(CO)C(=O)N1CCOCC1. The maximum atomic E-state index is 12.7. The van der Waals surface area contributed by atoms with E-state index < -0.39 is 12.0 Å². The number of aliphatic hydroxyl groups excluding tert-OH is 1. The largest absolute Gasteiger partial charge is 0.395 e. The maximum Gasteiger partial charge on any atom is 0.239 e. The summed E-state index contributed by atoms with van der Waals surface area (Å²) in [6.07, 6.45) is 0.286. The van der Waals surface area contributed by atoms with Crippen LogP contribution in [-0.2, 0) is 16.0 Å². The zero-order valence-electron chi connectivity index (χ0n) is 11.2. The predicted octanol–water partition coefficient (Wildman–Crippen LogP) is 0.263. The summed E-state index contributed by atoms with van der Waals surface area (Å²) in [4.78, 5) is 26.9. The molecule has 1 aliphatic carbocycles. The summed E-state index contributed by atoms with van der Waals surface area (Å²) in [7, 11) is 0. The zero-order chi connectivity index (χ0) is 14.2. The number of rotatable bonds is 2. The van der Waals surface area contributed by atoms with Crippen molar-refractivity contribution >= 4 is 11.7 Å². The molecule has 1 atom stereocenters. The molecule has 20 heavy (non-hydrogen) atoms. The number of ketones is 1. The lowest BCUT2D eigenvalue weighted by atomic mass is 9.82. The standard InChI is InChI=1S/C15H17NO4/c17-10-15(14(19)16-5-7-20-8-6-16)9-11-3-1-2-4-12(11)13(15)18/h1-4,17H,5-10H2. The Kier molecular flexibility index (Phi) is 3.31. The van der Waals surface area contributed by atoms with Crippen LogP contribution < -0.4 is 0 Å². The summed E-state index contributed by atoms with van der Waals surface area (Å²) in [5, 5.41) is 9.76. The summed E-state index contributed by atoms with van der Waals surface area (Å²) in [6.45, 7) is 1.47. The zero-order valence-corrected chi connectivity index (χ0v) is 11.2. The number of Topliss-reactive ketones (excluding diaryl/α,β-unsaturated/α-hetero) is 1. The van der Waals surface area contributed by atoms with E-state index in [0.717, 1.165) is 5.56 Å². The molecule has 0 saturated carbocycles. The molecule has 1 aliphatic heterocycles. The first-order valence-electron chi connectivity index (χ1n) is 6.80. The van der Waals surface area contributed by atoms with Gasteiger partial charge in [0.25, 0.3) is 0 Å². The molecule has 1 heterocycles. The van der Waals surface area contributed by atoms with Gasteiger partial charge in [0.2, 0.25) is 5.91 Å². The maximum absolute atomic E-state index is 12.7. The molecule has 1 saturated heterocycles. The van der Waals surface area contributed by atoms with Crippen molar-refractivity contribution < 1.29 is 19.4 Å². The normalized spacial score (nSPS) is 25.6. The van der Waals surface area contributed by atoms with Crippen molar-refractivity contribution in [3.63, 3.8) is 0 Å². The number of fused-ring (bicyclic) bond motifs is 1. The van der Waals surface area contributed by atoms with Gasteiger partial charge >= 0.3 is 0 Å². The van der Waals surface area contributed by atoms with E-state index >= 15 is 0 Å². The molecule has 1 aromatic carbocycles. The van der Waals surface area contributed by atoms with Crippen molar-refractivity contribution in [2.45, 2.75) is 6.42 Å². The number of carbonyl (C=O) groups is 2. The van der Waals surface area contributed by atoms with Gasteiger partial charge in [0, 0.05) is 18.7 Å². The van der Waals surface area contributed by atoms with Crippen LogP contribution in [-0.4, -0.2) is 54.6 Å². The number of benzene rings is 1. The molecule has 1 fully saturated rings. The van der Waals surface area contributed by atoms with Gasteiger partial charge in [0.05, 0.1) is 19.8 Å². The molecular formula is C15H17NO4. The number of morpholine rings is 1. The second-order valence-corrected chi connectivity index (χ2v) is 5.31. The molecule has 1 unspecified atom stereocenters. The second kappa shape index (κ2) is 5.00. The van der Waals surface area contributed by atoms with Gasteiger partial charge in [-0.15, -0.1) is 0 Å². The number of aliphatic hydroxyl groups is 1. The first-order valence-corrected chi connectivity index (χ1v) is 6.80. The van der Waals surface area contributed by atoms with Gasteiger partial charge in [-0.25, -0.2) is 0 Å². The molecule has 2 aliphatic rings. The Bertz CT molecular complexity index is 551. The van der Waals surface area contributed by atoms with Crippen molar-refractivity contribution in [2.24, 2.45) is 5.41 Å². The average Bonchev–Trinajstić information content (AvgIpc) is 2.81. The van der Waals surface area contributed by atoms with Gasteiger partial charge in [-0.3, -0.25) is 9.59 Å². The van der Waals surface area contributed by atoms with E-state index in [1.54, 1.807) is 17.0 Å². The first kappa shape index (κ1) is 13.3. The lowest BCUT2D eigenvalue weighted by Gasteiger charge is -2.34. The van der Waals surface area contributed by atoms with Crippen molar-refractivity contribution in [3.05, 3.63) is 35.4 Å². The number of amides is 1. The number of carbonyl (C=O) groups excluding carboxylic acids is 2. The Hall–Kier alpha value is -1.72. The van der Waals surface area contributed by atoms with E-state index in [2.05, 4.69) is 0 Å². The van der Waals surface area contributed by atoms with Crippen molar-refractivity contribution in [1.29, 1.82) is 0 Å². The van der Waals surface area contributed by atoms with E-state index in [9.17, 15) is 14.7 Å². The molecule has 0 aromatic heterocycles. The van der Waals surface area contributed by atoms with Crippen molar-refractivity contribution in [1.82, 2.24) is 4.90 Å². The van der Waals surface area contributed by atoms with Crippen LogP contribution >= 0.6 is 0 Å². The molecule has 1 aromatic rings. The fourth-order valence-corrected chi connectivity index (χ4v) is 3.00. The third kappa shape index (κ3) is 1.85. The lowest BCUT2D eigenvalue weighted by molar-refractivity contribution is -0.145. The summed E-state index contributed by atoms with van der Waals surface area (Å²) in [6, 6.07) is 7.20. The van der Waals surface area contributed by atoms with Crippen LogP contribution in [0.3, 0.4) is 0 Å². The van der Waals surface area contributed by atoms with Crippen LogP contribution in [0.15, 0.2) is 24.3 Å². The van der Waals surface area contributed by atoms with Crippen LogP contribution in [0, 0.1) is 5.41 Å². The highest BCUT2D eigenvalue weighted by atomic mass is 16.5. The Labute approximate surface area is 117 Å². The minimum Gasteiger partial charge on any atom is -0.395 e. The minimum absolute atomic E-state index is 0.257. The Balaban J connectivity index is 1.93. The van der Waals surface area contributed by atoms with Gasteiger partial charge < -0.3 is 14.7 Å². The molecule has 0 bridgehead atoms. The smallest absolute Gasteiger partial charge is 0.239 e. The monoisotopic (exact) mass is 275 g/mol. The van der Waals surface area contributed by atoms with Gasteiger partial charge in [0.15, 0.2) is 5.78 Å². The number of hydrogen-bond donors (Lipinski definition) is 1. The Morgan fingerprint density at radius 1 is 1.30 bits per heavy atom. The van der Waals surface area contributed by atoms with E-state index in [1.807, 2.05) is 12.1 Å². The van der Waals surface area contributed by atoms with Crippen LogP contribution in [0.1, 0.15) is 15.9 Å². The fraction of sp³-hybridized carbons (Fsp3) is 0.467. The number of ether oxygens (including phenoxy) is 1. The van der Waals surface area contributed by atoms with Crippen LogP contribution in [0.5, 0.6) is 0 Å². The third-order valence-electron chi connectivity index (χ3n) is 4.17. The first-order chi connectivity index (χ1) is 9.69. The fourth-order valence-electron chi connectivity index (χ4n) is 3.00. The minimum atomic E-state index is -1.33. The van der Waals surface area contributed by atoms with Crippen LogP contribution in [0.2, 0.25) is 0 Å². The predicted molar refractivity (Wildman–Crippen MR) is 71.4 cm³/mol. The van der Waals surface area contributed by atoms with Crippen LogP contribution in [0.4, 0.5) is 0 Å². The molecule has 1 N–H and O–H groups in total. The van der Waals surface area contributed by atoms with E-state index in [4.69, 9.17) is 4.74 Å². The highest BCUT2D eigenvalue weighted by Crippen LogP contribution is 2.38. The quantitative estimate of drug-likeness (QED) is 0.786. The van der Waals surface area contributed by atoms with Gasteiger partial charge in [-0.05, 0) is 12.0 Å². The molecule has 1 amide bonds. The summed E-state index contributed by atoms with van der Waals surface area (Å²) in [5.74, 6) is -0.531. The van der Waals surface area contributed by atoms with Crippen molar-refractivity contribution in [3.8, 4) is 0 Å². The summed E-state index contributed by atoms with van der Waals surface area (Å²) >= 11 is 0. The van der Waals surface area contributed by atoms with Crippen molar-refractivity contribution in [2.75, 3.05) is 32.9 Å². The summed E-state index contributed by atoms with van der Waals surface area (Å²) in [5.41, 5.74) is 0.0671. The lowest BCUT2D eigenvalue weighted by Crippen LogP contribution is -2.53. The Morgan fingerprint density at radius 3 is 2.65 bits per heavy atom. The average molecular weight is 275 g/mol. The second-order valence-electron chi connectivity index (χ2n) is 5.31. The topological polar surface area (TPSA) is 66.8 Å². The third-order valence-corrected chi connectivity index (χ3v) is 4.17. The van der Waals surface area contributed by atoms with Gasteiger partial charge in [0.1, 0.15) is 5.41 Å². The molecule has 5 nitrogen and oxygen atoms in total. The molecule has 0 radical (unpaired) electrons. The number of hydrogen-bond acceptors (Lipinski definition) is 4. The summed E-state index contributed by atoms with van der Waals surface area (Å²) < 4.78 is 5.23. The van der Waals surface area contributed by atoms with E-state index in [1.165, 1.54) is 0 Å². The van der Waals surface area contributed by atoms with Gasteiger partial charge in [-0.1, -0.05) is 24.3 Å². The molecule has 5 heteroatoms.